The summed E-state index contributed by atoms with van der Waals surface area (Å²) in [7, 11) is 0. The summed E-state index contributed by atoms with van der Waals surface area (Å²) in [6.45, 7) is 13.3. The number of H-pyrrole nitrogens is 1. The van der Waals surface area contributed by atoms with Crippen LogP contribution in [0.25, 0.3) is 22.2 Å². The molecular formula is C40H45N5O3. The van der Waals surface area contributed by atoms with Crippen molar-refractivity contribution in [1.29, 1.82) is 0 Å². The van der Waals surface area contributed by atoms with E-state index in [9.17, 15) is 9.59 Å². The fraction of sp³-hybridized carbons (Fsp3) is 0.300. The maximum Gasteiger partial charge on any atom is 0.326 e. The molecule has 0 aliphatic heterocycles. The summed E-state index contributed by atoms with van der Waals surface area (Å²) in [5.41, 5.74) is 7.58. The zero-order valence-corrected chi connectivity index (χ0v) is 28.7. The smallest absolute Gasteiger partial charge is 0.326 e. The number of fused-ring (bicyclic) bond motifs is 1. The van der Waals surface area contributed by atoms with Gasteiger partial charge in [0.15, 0.2) is 0 Å². The molecule has 0 saturated carbocycles. The highest BCUT2D eigenvalue weighted by Gasteiger charge is 2.24. The van der Waals surface area contributed by atoms with Crippen LogP contribution in [0.15, 0.2) is 102 Å². The van der Waals surface area contributed by atoms with Gasteiger partial charge in [0, 0.05) is 36.2 Å². The molecule has 0 bridgehead atoms. The molecule has 48 heavy (non-hydrogen) atoms. The molecule has 0 fully saturated rings. The first-order valence-electron chi connectivity index (χ1n) is 16.6. The Morgan fingerprint density at radius 3 is 2.33 bits per heavy atom. The Hall–Kier alpha value is -5.24. The Morgan fingerprint density at radius 1 is 0.917 bits per heavy atom. The quantitative estimate of drug-likeness (QED) is 0.104. The monoisotopic (exact) mass is 643 g/mol. The Bertz CT molecular complexity index is 1930. The van der Waals surface area contributed by atoms with Crippen molar-refractivity contribution in [2.45, 2.75) is 66.2 Å². The highest BCUT2D eigenvalue weighted by Crippen LogP contribution is 2.38. The first-order valence-corrected chi connectivity index (χ1v) is 16.6. The van der Waals surface area contributed by atoms with Gasteiger partial charge in [-0.05, 0) is 121 Å². The largest absolute Gasteiger partial charge is 0.494 e. The number of rotatable bonds is 12. The van der Waals surface area contributed by atoms with Crippen molar-refractivity contribution < 1.29 is 9.53 Å². The third-order valence-corrected chi connectivity index (χ3v) is 8.28. The van der Waals surface area contributed by atoms with Crippen LogP contribution in [-0.4, -0.2) is 34.1 Å². The summed E-state index contributed by atoms with van der Waals surface area (Å²) in [6, 6.07) is 21.6. The average molecular weight is 644 g/mol. The number of anilines is 2. The fourth-order valence-electron chi connectivity index (χ4n) is 5.65. The van der Waals surface area contributed by atoms with Crippen LogP contribution in [0.4, 0.5) is 16.2 Å². The van der Waals surface area contributed by atoms with Crippen molar-refractivity contribution in [3.63, 3.8) is 0 Å². The number of amides is 2. The number of aryl methyl sites for hydroxylation is 1. The molecule has 2 aromatic carbocycles. The van der Waals surface area contributed by atoms with Crippen molar-refractivity contribution in [1.82, 2.24) is 15.0 Å². The molecule has 2 N–H and O–H groups in total. The lowest BCUT2D eigenvalue weighted by Gasteiger charge is -2.26. The summed E-state index contributed by atoms with van der Waals surface area (Å²) < 4.78 is 6.15. The van der Waals surface area contributed by atoms with E-state index in [-0.39, 0.29) is 35.7 Å². The number of carbonyl (C=O) groups excluding carboxylic acids is 1. The van der Waals surface area contributed by atoms with E-state index in [1.165, 1.54) is 10.5 Å². The number of nitrogens with one attached hydrogen (secondary N) is 2. The maximum absolute atomic E-state index is 14.2. The van der Waals surface area contributed by atoms with Crippen LogP contribution in [-0.2, 0) is 6.42 Å². The molecule has 3 aromatic heterocycles. The van der Waals surface area contributed by atoms with Gasteiger partial charge in [0.1, 0.15) is 17.1 Å². The number of aromatic amines is 1. The highest BCUT2D eigenvalue weighted by molar-refractivity contribution is 6.04. The molecule has 0 aliphatic carbocycles. The first kappa shape index (κ1) is 34.1. The second-order valence-corrected chi connectivity index (χ2v) is 12.9. The molecular weight excluding hydrogens is 598 g/mol. The highest BCUT2D eigenvalue weighted by atomic mass is 16.5. The second kappa shape index (κ2) is 15.6. The average Bonchev–Trinajstić information content (AvgIpc) is 3.07. The third kappa shape index (κ3) is 8.37. The number of benzene rings is 2. The minimum absolute atomic E-state index is 0.117. The minimum atomic E-state index is -0.375. The Labute approximate surface area is 282 Å². The molecule has 0 aliphatic rings. The number of hydrogen-bond donors (Lipinski definition) is 2. The van der Waals surface area contributed by atoms with Crippen molar-refractivity contribution in [2.75, 3.05) is 23.4 Å². The van der Waals surface area contributed by atoms with Gasteiger partial charge in [0.25, 0.3) is 5.56 Å². The van der Waals surface area contributed by atoms with E-state index in [1.54, 1.807) is 12.3 Å². The van der Waals surface area contributed by atoms with Gasteiger partial charge in [-0.2, -0.15) is 0 Å². The van der Waals surface area contributed by atoms with Crippen molar-refractivity contribution in [2.24, 2.45) is 0 Å². The van der Waals surface area contributed by atoms with E-state index in [2.05, 4.69) is 72.2 Å². The number of aromatic nitrogens is 3. The van der Waals surface area contributed by atoms with Crippen LogP contribution < -0.4 is 20.5 Å². The van der Waals surface area contributed by atoms with E-state index >= 15 is 0 Å². The molecule has 8 nitrogen and oxygen atoms in total. The molecule has 0 unspecified atom stereocenters. The van der Waals surface area contributed by atoms with Crippen LogP contribution >= 0.6 is 0 Å². The number of pyridine rings is 3. The van der Waals surface area contributed by atoms with Gasteiger partial charge < -0.3 is 15.0 Å². The molecule has 8 heteroatoms. The molecule has 0 radical (unpaired) electrons. The van der Waals surface area contributed by atoms with Crippen LogP contribution in [0.1, 0.15) is 76.5 Å². The van der Waals surface area contributed by atoms with E-state index in [0.717, 1.165) is 57.5 Å². The number of nitrogens with zero attached hydrogens (tertiary/aromatic N) is 3. The molecule has 248 valence electrons. The topological polar surface area (TPSA) is 100 Å². The van der Waals surface area contributed by atoms with Gasteiger partial charge in [-0.3, -0.25) is 14.7 Å². The summed E-state index contributed by atoms with van der Waals surface area (Å²) in [4.78, 5) is 40.1. The van der Waals surface area contributed by atoms with Gasteiger partial charge in [-0.15, -0.1) is 0 Å². The second-order valence-electron chi connectivity index (χ2n) is 12.9. The predicted octanol–water partition coefficient (Wildman–Crippen LogP) is 9.25. The van der Waals surface area contributed by atoms with Gasteiger partial charge in [0.2, 0.25) is 0 Å². The van der Waals surface area contributed by atoms with Crippen molar-refractivity contribution >= 4 is 28.4 Å². The van der Waals surface area contributed by atoms with E-state index in [0.29, 0.717) is 12.3 Å². The van der Waals surface area contributed by atoms with Crippen LogP contribution in [0.5, 0.6) is 5.75 Å². The lowest BCUT2D eigenvalue weighted by molar-refractivity contribution is 0.257. The Kier molecular flexibility index (Phi) is 11.1. The lowest BCUT2D eigenvalue weighted by Crippen LogP contribution is -2.39. The zero-order chi connectivity index (χ0) is 34.2. The molecule has 0 saturated heterocycles. The summed E-state index contributed by atoms with van der Waals surface area (Å²) in [5.74, 6) is 1.06. The summed E-state index contributed by atoms with van der Waals surface area (Å²) in [6.07, 6.45) is 9.05. The van der Waals surface area contributed by atoms with Gasteiger partial charge in [0.05, 0.1) is 6.61 Å². The maximum atomic E-state index is 14.2. The normalized spacial score (nSPS) is 11.2. The number of allylic oxidation sites excluding steroid dienone is 1. The van der Waals surface area contributed by atoms with Crippen LogP contribution in [0.2, 0.25) is 0 Å². The minimum Gasteiger partial charge on any atom is -0.494 e. The van der Waals surface area contributed by atoms with Crippen LogP contribution in [0, 0.1) is 0 Å². The first-order chi connectivity index (χ1) is 23.1. The third-order valence-electron chi connectivity index (χ3n) is 8.28. The lowest BCUT2D eigenvalue weighted by atomic mass is 9.88. The molecule has 5 rings (SSSR count). The molecule has 2 amide bonds. The number of hydrogen-bond acceptors (Lipinski definition) is 5. The standard InChI is InChI=1S/C40H45N5O3/c1-26(2)16-20-45(36-25-31-12-8-17-42-38(31)44-39(36)46)40(47)43-37-34(27(3)4)23-32(24-35(37)28(5)6)30-11-7-13-33(22-30)48-21-9-10-29-14-18-41-19-15-29/h7-8,11-19,22-25,27-28H,9-10,20-21H2,1-6H3,(H,43,47)(H,42,44,46). The Morgan fingerprint density at radius 2 is 1.65 bits per heavy atom. The molecule has 5 aromatic rings. The molecule has 0 atom stereocenters. The van der Waals surface area contributed by atoms with E-state index in [4.69, 9.17) is 4.74 Å². The van der Waals surface area contributed by atoms with Gasteiger partial charge in [-0.1, -0.05) is 51.5 Å². The summed E-state index contributed by atoms with van der Waals surface area (Å²) >= 11 is 0. The van der Waals surface area contributed by atoms with Gasteiger partial charge in [-0.25, -0.2) is 9.78 Å². The van der Waals surface area contributed by atoms with Crippen molar-refractivity contribution in [3.8, 4) is 16.9 Å². The Balaban J connectivity index is 1.45. The zero-order valence-electron chi connectivity index (χ0n) is 28.7. The number of ether oxygens (including phenoxy) is 1. The molecule has 0 spiro atoms. The SMILES string of the molecule is CC(C)=CCN(C(=O)Nc1c(C(C)C)cc(-c2cccc(OCCCc3ccncc3)c2)cc1C(C)C)c1cc2cccnc2[nH]c1=O. The van der Waals surface area contributed by atoms with E-state index < -0.39 is 0 Å². The fourth-order valence-corrected chi connectivity index (χ4v) is 5.65. The predicted molar refractivity (Wildman–Crippen MR) is 196 cm³/mol. The van der Waals surface area contributed by atoms with Crippen LogP contribution in [0.3, 0.4) is 0 Å². The summed E-state index contributed by atoms with van der Waals surface area (Å²) in [5, 5.41) is 3.99. The number of carbonyl (C=O) groups is 1. The van der Waals surface area contributed by atoms with Gasteiger partial charge >= 0.3 is 6.03 Å². The van der Waals surface area contributed by atoms with Crippen molar-refractivity contribution in [3.05, 3.63) is 124 Å². The van der Waals surface area contributed by atoms with E-state index in [1.807, 2.05) is 68.7 Å². The molecule has 3 heterocycles. The number of urea groups is 1.